The third-order valence-electron chi connectivity index (χ3n) is 9.14. The molecule has 1 aromatic carbocycles. The van der Waals surface area contributed by atoms with E-state index in [1.54, 1.807) is 5.56 Å². The quantitative estimate of drug-likeness (QED) is 0.326. The van der Waals surface area contributed by atoms with Gasteiger partial charge in [0.25, 0.3) is 0 Å². The van der Waals surface area contributed by atoms with Crippen molar-refractivity contribution < 1.29 is 0 Å². The molecule has 2 aliphatic heterocycles. The fraction of sp³-hybridized carbons (Fsp3) is 0.548. The summed E-state index contributed by atoms with van der Waals surface area (Å²) >= 11 is 0. The zero-order valence-corrected chi connectivity index (χ0v) is 23.1. The normalized spacial score (nSPS) is 19.2. The van der Waals surface area contributed by atoms with Crippen molar-refractivity contribution in [1.82, 2.24) is 30.0 Å². The molecule has 2 saturated heterocycles. The number of benzene rings is 1. The fourth-order valence-electron chi connectivity index (χ4n) is 7.05. The molecule has 4 aromatic rings. The third-order valence-corrected chi connectivity index (χ3v) is 9.14. The first-order valence-electron chi connectivity index (χ1n) is 14.3. The monoisotopic (exact) mass is 498 g/mol. The number of piperidine rings is 2. The van der Waals surface area contributed by atoms with Gasteiger partial charge in [-0.15, -0.1) is 0 Å². The van der Waals surface area contributed by atoms with Crippen LogP contribution in [0, 0.1) is 6.92 Å². The Labute approximate surface area is 220 Å². The number of likely N-dealkylation sites (tertiary alicyclic amines) is 2. The molecule has 0 saturated carbocycles. The van der Waals surface area contributed by atoms with Crippen LogP contribution >= 0.6 is 0 Å². The van der Waals surface area contributed by atoms with E-state index in [4.69, 9.17) is 0 Å². The molecule has 0 amide bonds. The lowest BCUT2D eigenvalue weighted by Gasteiger charge is -2.43. The number of H-pyrrole nitrogens is 2. The second-order valence-corrected chi connectivity index (χ2v) is 12.0. The number of pyridine rings is 1. The summed E-state index contributed by atoms with van der Waals surface area (Å²) in [7, 11) is 0. The van der Waals surface area contributed by atoms with Gasteiger partial charge in [0.2, 0.25) is 0 Å². The molecule has 0 unspecified atom stereocenters. The Balaban J connectivity index is 1.27. The highest BCUT2D eigenvalue weighted by molar-refractivity contribution is 5.99. The number of nitrogens with one attached hydrogen (secondary N) is 2. The van der Waals surface area contributed by atoms with Crippen molar-refractivity contribution in [3.63, 3.8) is 0 Å². The molecule has 2 N–H and O–H groups in total. The van der Waals surface area contributed by atoms with Crippen molar-refractivity contribution >= 4 is 21.9 Å². The van der Waals surface area contributed by atoms with Crippen LogP contribution in [0.5, 0.6) is 0 Å². The zero-order chi connectivity index (χ0) is 25.7. The Morgan fingerprint density at radius 3 is 2.41 bits per heavy atom. The minimum Gasteiger partial charge on any atom is -0.354 e. The first kappa shape index (κ1) is 24.6. The van der Waals surface area contributed by atoms with Gasteiger partial charge in [0, 0.05) is 40.1 Å². The number of aromatic amines is 2. The van der Waals surface area contributed by atoms with E-state index in [0.717, 1.165) is 17.1 Å². The van der Waals surface area contributed by atoms with E-state index in [1.807, 2.05) is 12.4 Å². The summed E-state index contributed by atoms with van der Waals surface area (Å²) in [5.74, 6) is 1.06. The molecular weight excluding hydrogens is 456 g/mol. The Morgan fingerprint density at radius 1 is 0.946 bits per heavy atom. The Kier molecular flexibility index (Phi) is 6.58. The van der Waals surface area contributed by atoms with Gasteiger partial charge < -0.3 is 14.8 Å². The van der Waals surface area contributed by atoms with E-state index >= 15 is 0 Å². The van der Waals surface area contributed by atoms with Crippen LogP contribution < -0.4 is 0 Å². The van der Waals surface area contributed by atoms with Gasteiger partial charge in [0.1, 0.15) is 0 Å². The maximum atomic E-state index is 4.46. The lowest BCUT2D eigenvalue weighted by molar-refractivity contribution is 0.0753. The highest BCUT2D eigenvalue weighted by Gasteiger charge is 2.30. The van der Waals surface area contributed by atoms with Gasteiger partial charge >= 0.3 is 0 Å². The van der Waals surface area contributed by atoms with Crippen LogP contribution in [0.15, 0.2) is 30.6 Å². The van der Waals surface area contributed by atoms with Crippen molar-refractivity contribution in [3.8, 4) is 11.3 Å². The van der Waals surface area contributed by atoms with E-state index in [1.165, 1.54) is 85.1 Å². The maximum absolute atomic E-state index is 4.46. The molecule has 2 aliphatic rings. The van der Waals surface area contributed by atoms with Crippen molar-refractivity contribution in [3.05, 3.63) is 47.3 Å². The maximum Gasteiger partial charge on any atom is 0.155 e. The summed E-state index contributed by atoms with van der Waals surface area (Å²) in [6.07, 6.45) is 8.97. The van der Waals surface area contributed by atoms with Crippen LogP contribution in [0.3, 0.4) is 0 Å². The standard InChI is InChI=1S/C31H42N6/c1-19(2)29-26-17-25(22-7-12-37(13-8-22)23-9-14-36(15-10-23)20(3)4)21(5)16-28(26)34-30(29)24-6-11-32-31-27(24)18-33-35-31/h6,11,16-20,22-23,34H,7-10,12-15H2,1-5H3,(H,32,33,35). The molecule has 5 heterocycles. The average Bonchev–Trinajstić information content (AvgIpc) is 3.53. The molecule has 0 aliphatic carbocycles. The van der Waals surface area contributed by atoms with Gasteiger partial charge in [0.05, 0.1) is 11.9 Å². The van der Waals surface area contributed by atoms with E-state index < -0.39 is 0 Å². The summed E-state index contributed by atoms with van der Waals surface area (Å²) in [6.45, 7) is 16.6. The first-order valence-corrected chi connectivity index (χ1v) is 14.3. The molecule has 3 aromatic heterocycles. The highest BCUT2D eigenvalue weighted by atomic mass is 15.2. The summed E-state index contributed by atoms with van der Waals surface area (Å²) in [5.41, 5.74) is 8.83. The van der Waals surface area contributed by atoms with Crippen molar-refractivity contribution in [2.45, 2.75) is 84.2 Å². The molecule has 6 rings (SSSR count). The van der Waals surface area contributed by atoms with Crippen LogP contribution in [-0.2, 0) is 0 Å². The molecule has 0 radical (unpaired) electrons. The number of hydrogen-bond acceptors (Lipinski definition) is 4. The lowest BCUT2D eigenvalue weighted by Crippen LogP contribution is -2.48. The van der Waals surface area contributed by atoms with Gasteiger partial charge in [-0.05, 0) is 119 Å². The zero-order valence-electron chi connectivity index (χ0n) is 23.1. The van der Waals surface area contributed by atoms with Gasteiger partial charge in [-0.2, -0.15) is 5.10 Å². The highest BCUT2D eigenvalue weighted by Crippen LogP contribution is 2.41. The number of nitrogens with zero attached hydrogens (tertiary/aromatic N) is 4. The molecule has 2 fully saturated rings. The van der Waals surface area contributed by atoms with Crippen LogP contribution in [0.1, 0.15) is 81.9 Å². The summed E-state index contributed by atoms with van der Waals surface area (Å²) in [5, 5.41) is 9.72. The first-order chi connectivity index (χ1) is 17.9. The molecule has 0 atom stereocenters. The third kappa shape index (κ3) is 4.48. The number of rotatable bonds is 5. The SMILES string of the molecule is Cc1cc2[nH]c(-c3ccnc4[nH]ncc34)c(C(C)C)c2cc1C1CCN(C2CCN(C(C)C)CC2)CC1. The Bertz CT molecular complexity index is 1380. The predicted molar refractivity (Wildman–Crippen MR) is 153 cm³/mol. The molecule has 6 nitrogen and oxygen atoms in total. The van der Waals surface area contributed by atoms with E-state index in [9.17, 15) is 0 Å². The number of hydrogen-bond donors (Lipinski definition) is 2. The van der Waals surface area contributed by atoms with E-state index in [0.29, 0.717) is 17.9 Å². The number of aromatic nitrogens is 4. The fourth-order valence-corrected chi connectivity index (χ4v) is 7.05. The Morgan fingerprint density at radius 2 is 1.70 bits per heavy atom. The van der Waals surface area contributed by atoms with Gasteiger partial charge in [-0.25, -0.2) is 4.98 Å². The lowest BCUT2D eigenvalue weighted by atomic mass is 9.84. The largest absolute Gasteiger partial charge is 0.354 e. The number of aryl methyl sites for hydroxylation is 1. The summed E-state index contributed by atoms with van der Waals surface area (Å²) in [6, 6.07) is 8.48. The van der Waals surface area contributed by atoms with Crippen molar-refractivity contribution in [1.29, 1.82) is 0 Å². The van der Waals surface area contributed by atoms with Crippen molar-refractivity contribution in [2.75, 3.05) is 26.2 Å². The van der Waals surface area contributed by atoms with Crippen LogP contribution in [0.25, 0.3) is 33.2 Å². The predicted octanol–water partition coefficient (Wildman–Crippen LogP) is 6.59. The minimum absolute atomic E-state index is 0.410. The summed E-state index contributed by atoms with van der Waals surface area (Å²) in [4.78, 5) is 13.7. The molecule has 0 spiro atoms. The second-order valence-electron chi connectivity index (χ2n) is 12.0. The second kappa shape index (κ2) is 9.88. The number of fused-ring (bicyclic) bond motifs is 2. The molecule has 0 bridgehead atoms. The van der Waals surface area contributed by atoms with E-state index in [2.05, 4.69) is 82.8 Å². The van der Waals surface area contributed by atoms with Crippen LogP contribution in [0.2, 0.25) is 0 Å². The van der Waals surface area contributed by atoms with Gasteiger partial charge in [-0.1, -0.05) is 13.8 Å². The van der Waals surface area contributed by atoms with Gasteiger partial charge in [0.15, 0.2) is 5.65 Å². The van der Waals surface area contributed by atoms with Crippen LogP contribution in [0.4, 0.5) is 0 Å². The average molecular weight is 499 g/mol. The summed E-state index contributed by atoms with van der Waals surface area (Å²) < 4.78 is 0. The molecule has 37 heavy (non-hydrogen) atoms. The Hall–Kier alpha value is -2.70. The smallest absolute Gasteiger partial charge is 0.155 e. The van der Waals surface area contributed by atoms with Crippen molar-refractivity contribution in [2.24, 2.45) is 0 Å². The molecular formula is C31H42N6. The van der Waals surface area contributed by atoms with Crippen LogP contribution in [-0.4, -0.2) is 68.2 Å². The minimum atomic E-state index is 0.410. The molecule has 6 heteroatoms. The molecule has 196 valence electrons. The van der Waals surface area contributed by atoms with E-state index in [-0.39, 0.29) is 0 Å². The topological polar surface area (TPSA) is 63.8 Å². The van der Waals surface area contributed by atoms with Gasteiger partial charge in [-0.3, -0.25) is 5.10 Å².